The van der Waals surface area contributed by atoms with Gasteiger partial charge in [-0.3, -0.25) is 10.1 Å². The summed E-state index contributed by atoms with van der Waals surface area (Å²) in [5, 5.41) is 12.1. The number of nitrogens with one attached hydrogen (secondary N) is 1. The first-order valence-corrected chi connectivity index (χ1v) is 8.78. The van der Waals surface area contributed by atoms with E-state index in [0.29, 0.717) is 10.9 Å². The van der Waals surface area contributed by atoms with Crippen molar-refractivity contribution in [1.82, 2.24) is 10.2 Å². The molecule has 0 radical (unpaired) electrons. The summed E-state index contributed by atoms with van der Waals surface area (Å²) in [4.78, 5) is 12.3. The van der Waals surface area contributed by atoms with Crippen LogP contribution in [0.3, 0.4) is 0 Å². The Hall–Kier alpha value is -2.73. The number of nitrogens with zero attached hydrogens (tertiary/aromatic N) is 2. The Kier molecular flexibility index (Phi) is 5.09. The fourth-order valence-electron chi connectivity index (χ4n) is 2.35. The molecule has 3 rings (SSSR count). The number of amides is 1. The summed E-state index contributed by atoms with van der Waals surface area (Å²) in [5.74, 6) is 0.450. The summed E-state index contributed by atoms with van der Waals surface area (Å²) < 4.78 is 5.77. The first-order chi connectivity index (χ1) is 12.0. The van der Waals surface area contributed by atoms with Crippen LogP contribution in [0.4, 0.5) is 5.13 Å². The topological polar surface area (TPSA) is 64.1 Å². The van der Waals surface area contributed by atoms with Gasteiger partial charge in [0.1, 0.15) is 10.8 Å². The van der Waals surface area contributed by atoms with E-state index in [1.165, 1.54) is 11.3 Å². The normalized spacial score (nSPS) is 11.8. The predicted octanol–water partition coefficient (Wildman–Crippen LogP) is 4.23. The van der Waals surface area contributed by atoms with Gasteiger partial charge in [0.25, 0.3) is 5.91 Å². The quantitative estimate of drug-likeness (QED) is 0.745. The van der Waals surface area contributed by atoms with Crippen LogP contribution in [0.15, 0.2) is 48.5 Å². The second-order valence-electron chi connectivity index (χ2n) is 5.80. The first kappa shape index (κ1) is 17.1. The van der Waals surface area contributed by atoms with Crippen molar-refractivity contribution < 1.29 is 9.53 Å². The molecule has 6 heteroatoms. The number of aromatic nitrogens is 2. The first-order valence-electron chi connectivity index (χ1n) is 7.96. The zero-order chi connectivity index (χ0) is 17.8. The molecular weight excluding hydrogens is 334 g/mol. The fourth-order valence-corrected chi connectivity index (χ4v) is 3.11. The molecule has 5 nitrogen and oxygen atoms in total. The molecule has 128 valence electrons. The minimum atomic E-state index is -0.634. The van der Waals surface area contributed by atoms with E-state index in [-0.39, 0.29) is 5.91 Å². The van der Waals surface area contributed by atoms with Crippen LogP contribution in [0.25, 0.3) is 10.6 Å². The number of rotatable bonds is 5. The van der Waals surface area contributed by atoms with Gasteiger partial charge in [0, 0.05) is 5.56 Å². The Labute approximate surface area is 150 Å². The van der Waals surface area contributed by atoms with Gasteiger partial charge < -0.3 is 4.74 Å². The number of aryl methyl sites for hydroxylation is 2. The summed E-state index contributed by atoms with van der Waals surface area (Å²) in [6.45, 7) is 5.70. The Morgan fingerprint density at radius 1 is 1.12 bits per heavy atom. The summed E-state index contributed by atoms with van der Waals surface area (Å²) in [6.07, 6.45) is -0.634. The van der Waals surface area contributed by atoms with Gasteiger partial charge in [0.05, 0.1) is 0 Å². The van der Waals surface area contributed by atoms with Crippen LogP contribution in [0, 0.1) is 13.8 Å². The lowest BCUT2D eigenvalue weighted by Gasteiger charge is -2.15. The molecule has 1 heterocycles. The highest BCUT2D eigenvalue weighted by molar-refractivity contribution is 7.18. The standard InChI is InChI=1S/C19H19N3O2S/c1-12-9-10-16(13(2)11-12)24-14(3)17(23)20-19-22-21-18(25-19)15-7-5-4-6-8-15/h4-11,14H,1-3H3,(H,20,22,23). The summed E-state index contributed by atoms with van der Waals surface area (Å²) in [7, 11) is 0. The van der Waals surface area contributed by atoms with Crippen molar-refractivity contribution in [3.05, 3.63) is 59.7 Å². The smallest absolute Gasteiger partial charge is 0.266 e. The molecule has 0 aliphatic carbocycles. The largest absolute Gasteiger partial charge is 0.481 e. The number of anilines is 1. The number of hydrogen-bond donors (Lipinski definition) is 1. The number of ether oxygens (including phenoxy) is 1. The van der Waals surface area contributed by atoms with Crippen molar-refractivity contribution in [3.8, 4) is 16.3 Å². The second kappa shape index (κ2) is 7.44. The maximum absolute atomic E-state index is 12.3. The number of benzene rings is 2. The van der Waals surface area contributed by atoms with Crippen LogP contribution in [0.1, 0.15) is 18.1 Å². The van der Waals surface area contributed by atoms with Crippen molar-refractivity contribution in [1.29, 1.82) is 0 Å². The molecular formula is C19H19N3O2S. The highest BCUT2D eigenvalue weighted by Crippen LogP contribution is 2.26. The lowest BCUT2D eigenvalue weighted by atomic mass is 10.1. The molecule has 0 aliphatic rings. The molecule has 1 unspecified atom stereocenters. The van der Waals surface area contributed by atoms with Crippen molar-refractivity contribution in [2.45, 2.75) is 26.9 Å². The number of carbonyl (C=O) groups is 1. The van der Waals surface area contributed by atoms with E-state index in [9.17, 15) is 4.79 Å². The van der Waals surface area contributed by atoms with Gasteiger partial charge in [0.15, 0.2) is 6.10 Å². The van der Waals surface area contributed by atoms with Crippen molar-refractivity contribution in [2.24, 2.45) is 0 Å². The van der Waals surface area contributed by atoms with Gasteiger partial charge >= 0.3 is 0 Å². The number of hydrogen-bond acceptors (Lipinski definition) is 5. The average molecular weight is 353 g/mol. The molecule has 0 spiro atoms. The van der Waals surface area contributed by atoms with Crippen LogP contribution >= 0.6 is 11.3 Å². The molecule has 1 atom stereocenters. The zero-order valence-electron chi connectivity index (χ0n) is 14.3. The minimum absolute atomic E-state index is 0.254. The third-order valence-electron chi connectivity index (χ3n) is 3.68. The molecule has 1 aromatic heterocycles. The molecule has 3 aromatic rings. The Morgan fingerprint density at radius 3 is 2.60 bits per heavy atom. The number of carbonyl (C=O) groups excluding carboxylic acids is 1. The van der Waals surface area contributed by atoms with Gasteiger partial charge in [0.2, 0.25) is 5.13 Å². The van der Waals surface area contributed by atoms with Gasteiger partial charge in [-0.15, -0.1) is 10.2 Å². The maximum atomic E-state index is 12.3. The maximum Gasteiger partial charge on any atom is 0.266 e. The molecule has 0 saturated carbocycles. The third kappa shape index (κ3) is 4.22. The Balaban J connectivity index is 1.65. The highest BCUT2D eigenvalue weighted by Gasteiger charge is 2.18. The second-order valence-corrected chi connectivity index (χ2v) is 6.77. The molecule has 0 fully saturated rings. The third-order valence-corrected chi connectivity index (χ3v) is 4.57. The molecule has 0 bridgehead atoms. The average Bonchev–Trinajstić information content (AvgIpc) is 3.06. The van der Waals surface area contributed by atoms with Crippen molar-refractivity contribution in [2.75, 3.05) is 5.32 Å². The zero-order valence-corrected chi connectivity index (χ0v) is 15.1. The monoisotopic (exact) mass is 353 g/mol. The van der Waals surface area contributed by atoms with E-state index in [2.05, 4.69) is 15.5 Å². The Morgan fingerprint density at radius 2 is 1.88 bits per heavy atom. The lowest BCUT2D eigenvalue weighted by molar-refractivity contribution is -0.122. The van der Waals surface area contributed by atoms with Crippen LogP contribution in [-0.4, -0.2) is 22.2 Å². The molecule has 1 amide bonds. The van der Waals surface area contributed by atoms with E-state index in [0.717, 1.165) is 21.7 Å². The van der Waals surface area contributed by atoms with Gasteiger partial charge in [-0.2, -0.15) is 0 Å². The highest BCUT2D eigenvalue weighted by atomic mass is 32.1. The molecule has 0 aliphatic heterocycles. The summed E-state index contributed by atoms with van der Waals surface area (Å²) >= 11 is 1.33. The predicted molar refractivity (Wildman–Crippen MR) is 100.0 cm³/mol. The molecule has 0 saturated heterocycles. The lowest BCUT2D eigenvalue weighted by Crippen LogP contribution is -2.30. The fraction of sp³-hybridized carbons (Fsp3) is 0.211. The van der Waals surface area contributed by atoms with Crippen LogP contribution in [-0.2, 0) is 4.79 Å². The summed E-state index contributed by atoms with van der Waals surface area (Å²) in [5.41, 5.74) is 3.13. The SMILES string of the molecule is Cc1ccc(OC(C)C(=O)Nc2nnc(-c3ccccc3)s2)c(C)c1. The van der Waals surface area contributed by atoms with Crippen LogP contribution < -0.4 is 10.1 Å². The van der Waals surface area contributed by atoms with E-state index in [4.69, 9.17) is 4.74 Å². The van der Waals surface area contributed by atoms with Gasteiger partial charge in [-0.25, -0.2) is 0 Å². The van der Waals surface area contributed by atoms with Crippen LogP contribution in [0.2, 0.25) is 0 Å². The molecule has 25 heavy (non-hydrogen) atoms. The van der Waals surface area contributed by atoms with Crippen molar-refractivity contribution in [3.63, 3.8) is 0 Å². The summed E-state index contributed by atoms with van der Waals surface area (Å²) in [6, 6.07) is 15.6. The van der Waals surface area contributed by atoms with Crippen molar-refractivity contribution >= 4 is 22.4 Å². The molecule has 1 N–H and O–H groups in total. The molecule has 2 aromatic carbocycles. The van der Waals surface area contributed by atoms with Gasteiger partial charge in [-0.1, -0.05) is 59.4 Å². The van der Waals surface area contributed by atoms with E-state index >= 15 is 0 Å². The Bertz CT molecular complexity index is 877. The van der Waals surface area contributed by atoms with Crippen LogP contribution in [0.5, 0.6) is 5.75 Å². The van der Waals surface area contributed by atoms with E-state index in [1.54, 1.807) is 6.92 Å². The van der Waals surface area contributed by atoms with E-state index in [1.807, 2.05) is 62.4 Å². The minimum Gasteiger partial charge on any atom is -0.481 e. The van der Waals surface area contributed by atoms with Gasteiger partial charge in [-0.05, 0) is 32.4 Å². The van der Waals surface area contributed by atoms with E-state index < -0.39 is 6.10 Å².